The van der Waals surface area contributed by atoms with Gasteiger partial charge in [0.15, 0.2) is 0 Å². The van der Waals surface area contributed by atoms with Crippen molar-refractivity contribution < 1.29 is 9.53 Å². The lowest BCUT2D eigenvalue weighted by atomic mass is 9.80. The molecule has 158 valence electrons. The van der Waals surface area contributed by atoms with Gasteiger partial charge in [-0.15, -0.1) is 0 Å². The number of hydrogen-bond acceptors (Lipinski definition) is 3. The number of rotatable bonds is 1. The average molecular weight is 398 g/mol. The monoisotopic (exact) mass is 397 g/mol. The molecule has 4 heterocycles. The van der Waals surface area contributed by atoms with Crippen LogP contribution in [0, 0.1) is 0 Å². The molecule has 4 aliphatic heterocycles. The Labute approximate surface area is 174 Å². The Morgan fingerprint density at radius 3 is 2.55 bits per heavy atom. The largest absolute Gasteiger partial charge is 0.377 e. The first-order chi connectivity index (χ1) is 13.9. The summed E-state index contributed by atoms with van der Waals surface area (Å²) < 4.78 is 5.69. The van der Waals surface area contributed by atoms with Gasteiger partial charge in [-0.3, -0.25) is 0 Å². The van der Waals surface area contributed by atoms with Gasteiger partial charge in [0.2, 0.25) is 0 Å². The predicted octanol–water partition coefficient (Wildman–Crippen LogP) is 3.75. The van der Waals surface area contributed by atoms with Gasteiger partial charge in [-0.1, -0.05) is 32.9 Å². The van der Waals surface area contributed by atoms with E-state index in [9.17, 15) is 4.79 Å². The molecule has 0 radical (unpaired) electrons. The van der Waals surface area contributed by atoms with Gasteiger partial charge in [-0.2, -0.15) is 0 Å². The molecule has 4 aliphatic rings. The van der Waals surface area contributed by atoms with Crippen molar-refractivity contribution >= 4 is 6.03 Å². The third-order valence-electron chi connectivity index (χ3n) is 7.41. The number of fused-ring (bicyclic) bond motifs is 3. The smallest absolute Gasteiger partial charge is 0.320 e. The first kappa shape index (κ1) is 19.4. The molecular weight excluding hydrogens is 362 g/mol. The van der Waals surface area contributed by atoms with E-state index in [1.165, 1.54) is 35.1 Å². The molecule has 3 atom stereocenters. The maximum atomic E-state index is 13.5. The normalized spacial score (nSPS) is 29.3. The van der Waals surface area contributed by atoms with Gasteiger partial charge in [0.1, 0.15) is 0 Å². The lowest BCUT2D eigenvalue weighted by Crippen LogP contribution is -2.55. The first-order valence-electron chi connectivity index (χ1n) is 11.5. The van der Waals surface area contributed by atoms with Crippen molar-refractivity contribution in [3.05, 3.63) is 34.4 Å². The molecule has 1 N–H and O–H groups in total. The first-order valence-corrected chi connectivity index (χ1v) is 11.5. The maximum absolute atomic E-state index is 13.5. The number of ether oxygens (including phenoxy) is 1. The number of nitrogens with one attached hydrogen (secondary N) is 1. The topological polar surface area (TPSA) is 44.8 Å². The Morgan fingerprint density at radius 1 is 1.14 bits per heavy atom. The highest BCUT2D eigenvalue weighted by atomic mass is 16.5. The maximum Gasteiger partial charge on any atom is 0.320 e. The zero-order valence-electron chi connectivity index (χ0n) is 18.2. The molecule has 5 rings (SSSR count). The Hall–Kier alpha value is -1.59. The van der Waals surface area contributed by atoms with Crippen molar-refractivity contribution in [2.75, 3.05) is 26.3 Å². The molecule has 2 amide bonds. The van der Waals surface area contributed by atoms with Crippen LogP contribution in [0.1, 0.15) is 74.8 Å². The van der Waals surface area contributed by atoms with Crippen LogP contribution in [-0.4, -0.2) is 54.2 Å². The van der Waals surface area contributed by atoms with Gasteiger partial charge in [0.25, 0.3) is 0 Å². The molecule has 0 saturated carbocycles. The molecule has 0 spiro atoms. The number of carbonyl (C=O) groups excluding carboxylic acids is 1. The minimum absolute atomic E-state index is 0.141. The Balaban J connectivity index is 1.45. The third-order valence-corrected chi connectivity index (χ3v) is 7.41. The summed E-state index contributed by atoms with van der Waals surface area (Å²) in [6, 6.07) is 6.06. The minimum atomic E-state index is 0.141. The zero-order chi connectivity index (χ0) is 20.2. The van der Waals surface area contributed by atoms with Crippen LogP contribution in [0.5, 0.6) is 0 Å². The SMILES string of the molecule is CC(C)(C)c1cc2c(c([C@@H]3CCCN3)c1)CN(C(=O)N1C3CCC1COC3)CC2. The van der Waals surface area contributed by atoms with Crippen molar-refractivity contribution in [2.24, 2.45) is 0 Å². The van der Waals surface area contributed by atoms with Crippen molar-refractivity contribution in [1.29, 1.82) is 0 Å². The Morgan fingerprint density at radius 2 is 1.90 bits per heavy atom. The van der Waals surface area contributed by atoms with Crippen LogP contribution in [0.3, 0.4) is 0 Å². The van der Waals surface area contributed by atoms with E-state index in [2.05, 4.69) is 48.0 Å². The highest BCUT2D eigenvalue weighted by Crippen LogP contribution is 2.37. The van der Waals surface area contributed by atoms with Gasteiger partial charge >= 0.3 is 6.03 Å². The van der Waals surface area contributed by atoms with Crippen LogP contribution in [0.2, 0.25) is 0 Å². The van der Waals surface area contributed by atoms with Crippen molar-refractivity contribution in [3.63, 3.8) is 0 Å². The van der Waals surface area contributed by atoms with Crippen LogP contribution < -0.4 is 5.32 Å². The van der Waals surface area contributed by atoms with E-state index >= 15 is 0 Å². The van der Waals surface area contributed by atoms with Crippen molar-refractivity contribution in [3.8, 4) is 0 Å². The van der Waals surface area contributed by atoms with Crippen LogP contribution in [-0.2, 0) is 23.1 Å². The second kappa shape index (κ2) is 7.28. The van der Waals surface area contributed by atoms with Gasteiger partial charge < -0.3 is 19.9 Å². The average Bonchev–Trinajstić information content (AvgIpc) is 3.31. The summed E-state index contributed by atoms with van der Waals surface area (Å²) >= 11 is 0. The van der Waals surface area contributed by atoms with Crippen LogP contribution in [0.4, 0.5) is 4.79 Å². The minimum Gasteiger partial charge on any atom is -0.377 e. The number of hydrogen-bond donors (Lipinski definition) is 1. The quantitative estimate of drug-likeness (QED) is 0.785. The van der Waals surface area contributed by atoms with E-state index in [1.807, 2.05) is 0 Å². The van der Waals surface area contributed by atoms with E-state index in [-0.39, 0.29) is 23.5 Å². The van der Waals surface area contributed by atoms with Crippen molar-refractivity contribution in [2.45, 2.75) is 83.0 Å². The fraction of sp³-hybridized carbons (Fsp3) is 0.708. The molecule has 2 bridgehead atoms. The molecule has 1 aromatic carbocycles. The molecule has 3 saturated heterocycles. The standard InChI is InChI=1S/C24H35N3O2/c1-24(2,3)17-11-16-8-10-26(13-21(16)20(12-17)22-5-4-9-25-22)23(28)27-18-6-7-19(27)15-29-14-18/h11-12,18-19,22,25H,4-10,13-15H2,1-3H3/t18?,19?,22-/m0/s1. The number of amides is 2. The van der Waals surface area contributed by atoms with Crippen molar-refractivity contribution in [1.82, 2.24) is 15.1 Å². The van der Waals surface area contributed by atoms with Crippen LogP contribution >= 0.6 is 0 Å². The third kappa shape index (κ3) is 3.46. The summed E-state index contributed by atoms with van der Waals surface area (Å²) in [6.07, 6.45) is 5.57. The summed E-state index contributed by atoms with van der Waals surface area (Å²) in [5.74, 6) is 0. The number of carbonyl (C=O) groups is 1. The van der Waals surface area contributed by atoms with E-state index < -0.39 is 0 Å². The second-order valence-electron chi connectivity index (χ2n) is 10.4. The number of nitrogens with zero attached hydrogens (tertiary/aromatic N) is 2. The number of urea groups is 1. The summed E-state index contributed by atoms with van der Waals surface area (Å²) in [5, 5.41) is 3.70. The molecule has 29 heavy (non-hydrogen) atoms. The van der Waals surface area contributed by atoms with Gasteiger partial charge in [0, 0.05) is 19.1 Å². The van der Waals surface area contributed by atoms with E-state index in [0.717, 1.165) is 38.9 Å². The second-order valence-corrected chi connectivity index (χ2v) is 10.4. The lowest BCUT2D eigenvalue weighted by Gasteiger charge is -2.40. The van der Waals surface area contributed by atoms with Gasteiger partial charge in [0.05, 0.1) is 25.3 Å². The molecule has 5 heteroatoms. The van der Waals surface area contributed by atoms with Gasteiger partial charge in [-0.25, -0.2) is 4.79 Å². The molecule has 1 aromatic rings. The predicted molar refractivity (Wildman–Crippen MR) is 114 cm³/mol. The van der Waals surface area contributed by atoms with E-state index in [1.54, 1.807) is 0 Å². The Bertz CT molecular complexity index is 778. The lowest BCUT2D eigenvalue weighted by molar-refractivity contribution is -0.00293. The fourth-order valence-corrected chi connectivity index (χ4v) is 5.66. The molecule has 0 aliphatic carbocycles. The molecule has 2 unspecified atom stereocenters. The number of morpholine rings is 1. The summed E-state index contributed by atoms with van der Waals surface area (Å²) in [6.45, 7) is 11.0. The molecular formula is C24H35N3O2. The van der Waals surface area contributed by atoms with Gasteiger partial charge in [-0.05, 0) is 66.3 Å². The summed E-state index contributed by atoms with van der Waals surface area (Å²) in [4.78, 5) is 17.7. The van der Waals surface area contributed by atoms with Crippen LogP contribution in [0.25, 0.3) is 0 Å². The van der Waals surface area contributed by atoms with E-state index in [4.69, 9.17) is 4.74 Å². The summed E-state index contributed by atoms with van der Waals surface area (Å²) in [5.41, 5.74) is 5.86. The highest BCUT2D eigenvalue weighted by Gasteiger charge is 2.42. The Kier molecular flexibility index (Phi) is 4.86. The summed E-state index contributed by atoms with van der Waals surface area (Å²) in [7, 11) is 0. The molecule has 5 nitrogen and oxygen atoms in total. The molecule has 3 fully saturated rings. The fourth-order valence-electron chi connectivity index (χ4n) is 5.66. The van der Waals surface area contributed by atoms with E-state index in [0.29, 0.717) is 19.3 Å². The van der Waals surface area contributed by atoms with Crippen LogP contribution in [0.15, 0.2) is 12.1 Å². The highest BCUT2D eigenvalue weighted by molar-refractivity contribution is 5.76. The zero-order valence-corrected chi connectivity index (χ0v) is 18.2. The number of benzene rings is 1. The molecule has 0 aromatic heterocycles.